The minimum Gasteiger partial charge on any atom is -0.490 e. The Morgan fingerprint density at radius 1 is 0.974 bits per heavy atom. The third kappa shape index (κ3) is 6.50. The minimum atomic E-state index is -0.298. The van der Waals surface area contributed by atoms with Gasteiger partial charge in [-0.1, -0.05) is 38.5 Å². The predicted molar refractivity (Wildman–Crippen MR) is 145 cm³/mol. The van der Waals surface area contributed by atoms with Crippen LogP contribution in [0.15, 0.2) is 18.2 Å². The van der Waals surface area contributed by atoms with Crippen molar-refractivity contribution in [1.82, 2.24) is 10.2 Å². The number of nitrogens with zero attached hydrogens (tertiary/aromatic N) is 1. The van der Waals surface area contributed by atoms with Crippen molar-refractivity contribution in [3.8, 4) is 5.75 Å². The van der Waals surface area contributed by atoms with E-state index in [4.69, 9.17) is 9.47 Å². The molecule has 2 saturated carbocycles. The highest BCUT2D eigenvalue weighted by molar-refractivity contribution is 6.00. The zero-order chi connectivity index (χ0) is 26.5. The number of benzene rings is 1. The number of carbonyl (C=O) groups is 3. The van der Waals surface area contributed by atoms with Gasteiger partial charge >= 0.3 is 0 Å². The van der Waals surface area contributed by atoms with Gasteiger partial charge in [-0.05, 0) is 62.6 Å². The number of rotatable bonds is 6. The van der Waals surface area contributed by atoms with Gasteiger partial charge in [0, 0.05) is 25.2 Å². The summed E-state index contributed by atoms with van der Waals surface area (Å²) in [4.78, 5) is 40.6. The maximum absolute atomic E-state index is 13.5. The number of fused-ring (bicyclic) bond motifs is 2. The highest BCUT2D eigenvalue weighted by Gasteiger charge is 2.39. The van der Waals surface area contributed by atoms with Crippen LogP contribution in [0.2, 0.25) is 0 Å². The molecular weight excluding hydrogens is 482 g/mol. The molecule has 4 aliphatic rings. The quantitative estimate of drug-likeness (QED) is 0.563. The molecule has 8 heteroatoms. The number of likely N-dealkylation sites (N-methyl/N-ethyl adjacent to an activating group) is 1. The molecule has 0 bridgehead atoms. The van der Waals surface area contributed by atoms with Crippen molar-refractivity contribution in [3.63, 3.8) is 0 Å². The molecule has 0 spiro atoms. The van der Waals surface area contributed by atoms with Gasteiger partial charge in [-0.15, -0.1) is 0 Å². The van der Waals surface area contributed by atoms with Crippen molar-refractivity contribution < 1.29 is 23.9 Å². The smallest absolute Gasteiger partial charge is 0.257 e. The van der Waals surface area contributed by atoms with Crippen LogP contribution in [0.1, 0.15) is 93.8 Å². The number of carbonyl (C=O) groups excluding carboxylic acids is 3. The highest BCUT2D eigenvalue weighted by Crippen LogP contribution is 2.33. The Balaban J connectivity index is 1.18. The second-order valence-corrected chi connectivity index (χ2v) is 11.7. The Labute approximate surface area is 226 Å². The van der Waals surface area contributed by atoms with Gasteiger partial charge in [-0.25, -0.2) is 0 Å². The summed E-state index contributed by atoms with van der Waals surface area (Å²) in [6.45, 7) is 1.07. The third-order valence-electron chi connectivity index (χ3n) is 8.98. The first-order valence-electron chi connectivity index (χ1n) is 14.7. The van der Waals surface area contributed by atoms with Gasteiger partial charge in [-0.2, -0.15) is 0 Å². The van der Waals surface area contributed by atoms with Crippen molar-refractivity contribution in [1.29, 1.82) is 0 Å². The molecule has 5 rings (SSSR count). The number of ether oxygens (including phenoxy) is 2. The predicted octanol–water partition coefficient (Wildman–Crippen LogP) is 4.67. The molecule has 1 saturated heterocycles. The van der Waals surface area contributed by atoms with Crippen molar-refractivity contribution >= 4 is 23.4 Å². The lowest BCUT2D eigenvalue weighted by atomic mass is 9.88. The van der Waals surface area contributed by atoms with Crippen LogP contribution >= 0.6 is 0 Å². The van der Waals surface area contributed by atoms with Crippen LogP contribution < -0.4 is 15.4 Å². The molecule has 8 nitrogen and oxygen atoms in total. The standard InChI is InChI=1S/C30H43N3O5/c1-33-25-14-13-23(17-28(34)31-18-20-8-4-2-5-9-20)38-27(25)19-37-26-15-12-22(16-24(26)30(33)36)32-29(35)21-10-6-3-7-11-21/h12,15-16,20-21,23,25,27H,2-11,13-14,17-19H2,1H3,(H,31,34)(H,32,35)/t23-,25-,27+/m0/s1. The summed E-state index contributed by atoms with van der Waals surface area (Å²) in [7, 11) is 1.81. The fourth-order valence-corrected chi connectivity index (χ4v) is 6.64. The summed E-state index contributed by atoms with van der Waals surface area (Å²) >= 11 is 0. The molecule has 208 valence electrons. The van der Waals surface area contributed by atoms with E-state index >= 15 is 0 Å². The first-order valence-corrected chi connectivity index (χ1v) is 14.7. The van der Waals surface area contributed by atoms with Gasteiger partial charge in [0.15, 0.2) is 0 Å². The Morgan fingerprint density at radius 3 is 2.47 bits per heavy atom. The van der Waals surface area contributed by atoms with Crippen LogP contribution in [-0.2, 0) is 14.3 Å². The van der Waals surface area contributed by atoms with E-state index in [1.54, 1.807) is 23.1 Å². The van der Waals surface area contributed by atoms with Crippen LogP contribution in [0.25, 0.3) is 0 Å². The second-order valence-electron chi connectivity index (χ2n) is 11.7. The summed E-state index contributed by atoms with van der Waals surface area (Å²) < 4.78 is 12.4. The van der Waals surface area contributed by atoms with Gasteiger partial charge in [-0.3, -0.25) is 14.4 Å². The molecule has 38 heavy (non-hydrogen) atoms. The summed E-state index contributed by atoms with van der Waals surface area (Å²) in [5, 5.41) is 6.13. The van der Waals surface area contributed by atoms with E-state index < -0.39 is 0 Å². The van der Waals surface area contributed by atoms with Crippen molar-refractivity contribution in [2.75, 3.05) is 25.5 Å². The van der Waals surface area contributed by atoms with Crippen LogP contribution in [0, 0.1) is 11.8 Å². The Hall–Kier alpha value is -2.61. The topological polar surface area (TPSA) is 97.0 Å². The first-order chi connectivity index (χ1) is 18.5. The third-order valence-corrected chi connectivity index (χ3v) is 8.98. The lowest BCUT2D eigenvalue weighted by Gasteiger charge is -2.42. The maximum Gasteiger partial charge on any atom is 0.257 e. The molecule has 3 atom stereocenters. The molecule has 2 N–H and O–H groups in total. The van der Waals surface area contributed by atoms with Crippen molar-refractivity contribution in [3.05, 3.63) is 23.8 Å². The van der Waals surface area contributed by atoms with E-state index in [-0.39, 0.29) is 41.9 Å². The molecule has 2 aliphatic carbocycles. The lowest BCUT2D eigenvalue weighted by Crippen LogP contribution is -2.54. The van der Waals surface area contributed by atoms with Gasteiger partial charge in [0.05, 0.1) is 24.1 Å². The monoisotopic (exact) mass is 525 g/mol. The van der Waals surface area contributed by atoms with Gasteiger partial charge < -0.3 is 25.0 Å². The largest absolute Gasteiger partial charge is 0.490 e. The van der Waals surface area contributed by atoms with E-state index in [1.807, 2.05) is 7.05 Å². The van der Waals surface area contributed by atoms with Crippen molar-refractivity contribution in [2.45, 2.75) is 102 Å². The number of hydrogen-bond donors (Lipinski definition) is 2. The summed E-state index contributed by atoms with van der Waals surface area (Å²) in [5.74, 6) is 1.07. The average Bonchev–Trinajstić information content (AvgIpc) is 2.95. The average molecular weight is 526 g/mol. The van der Waals surface area contributed by atoms with Crippen LogP contribution in [0.4, 0.5) is 5.69 Å². The zero-order valence-corrected chi connectivity index (χ0v) is 22.7. The highest BCUT2D eigenvalue weighted by atomic mass is 16.5. The summed E-state index contributed by atoms with van der Waals surface area (Å²) in [5.41, 5.74) is 1.08. The Kier molecular flexibility index (Phi) is 8.87. The summed E-state index contributed by atoms with van der Waals surface area (Å²) in [6, 6.07) is 5.17. The normalized spacial score (nSPS) is 26.8. The molecule has 2 aliphatic heterocycles. The molecule has 1 aromatic carbocycles. The molecule has 2 heterocycles. The number of anilines is 1. The Morgan fingerprint density at radius 2 is 1.71 bits per heavy atom. The van der Waals surface area contributed by atoms with E-state index in [0.29, 0.717) is 35.9 Å². The van der Waals surface area contributed by atoms with Gasteiger partial charge in [0.2, 0.25) is 11.8 Å². The van der Waals surface area contributed by atoms with Crippen molar-refractivity contribution in [2.24, 2.45) is 11.8 Å². The van der Waals surface area contributed by atoms with Crippen LogP contribution in [-0.4, -0.2) is 61.1 Å². The first kappa shape index (κ1) is 27.0. The number of nitrogens with one attached hydrogen (secondary N) is 2. The number of hydrogen-bond acceptors (Lipinski definition) is 5. The molecule has 3 amide bonds. The van der Waals surface area contributed by atoms with Crippen LogP contribution in [0.5, 0.6) is 5.75 Å². The molecule has 0 radical (unpaired) electrons. The molecule has 3 fully saturated rings. The second kappa shape index (κ2) is 12.5. The van der Waals surface area contributed by atoms with E-state index in [9.17, 15) is 14.4 Å². The fraction of sp³-hybridized carbons (Fsp3) is 0.700. The fourth-order valence-electron chi connectivity index (χ4n) is 6.64. The molecule has 0 unspecified atom stereocenters. The lowest BCUT2D eigenvalue weighted by molar-refractivity contribution is -0.134. The SMILES string of the molecule is CN1C(=O)c2cc(NC(=O)C3CCCCC3)ccc2OC[C@H]2O[C@H](CC(=O)NCC3CCCCC3)CC[C@@H]21. The van der Waals surface area contributed by atoms with E-state index in [1.165, 1.54) is 38.5 Å². The van der Waals surface area contributed by atoms with Gasteiger partial charge in [0.25, 0.3) is 5.91 Å². The van der Waals surface area contributed by atoms with Crippen LogP contribution in [0.3, 0.4) is 0 Å². The minimum absolute atomic E-state index is 0.0341. The van der Waals surface area contributed by atoms with Gasteiger partial charge in [0.1, 0.15) is 18.5 Å². The molecular formula is C30H43N3O5. The molecule has 0 aromatic heterocycles. The Bertz CT molecular complexity index is 1000. The van der Waals surface area contributed by atoms with E-state index in [0.717, 1.165) is 45.1 Å². The maximum atomic E-state index is 13.5. The number of amides is 3. The molecule has 1 aromatic rings. The van der Waals surface area contributed by atoms with E-state index in [2.05, 4.69) is 10.6 Å². The zero-order valence-electron chi connectivity index (χ0n) is 22.7. The summed E-state index contributed by atoms with van der Waals surface area (Å²) in [6.07, 6.45) is 12.8.